The molecule has 4 heteroatoms. The molecule has 0 spiro atoms. The average Bonchev–Trinajstić information content (AvgIpc) is 2.55. The van der Waals surface area contributed by atoms with Crippen molar-refractivity contribution in [2.75, 3.05) is 6.54 Å². The van der Waals surface area contributed by atoms with E-state index in [9.17, 15) is 0 Å². The molecular weight excluding hydrogens is 198 g/mol. The highest BCUT2D eigenvalue weighted by molar-refractivity contribution is 6.30. The topological polar surface area (TPSA) is 43.8 Å². The predicted octanol–water partition coefficient (Wildman–Crippen LogP) is 1.94. The normalized spacial score (nSPS) is 20.9. The van der Waals surface area contributed by atoms with Gasteiger partial charge in [0.05, 0.1) is 5.69 Å². The van der Waals surface area contributed by atoms with E-state index >= 15 is 0 Å². The number of halogens is 1. The monoisotopic (exact) mass is 213 g/mol. The molecule has 1 aromatic rings. The van der Waals surface area contributed by atoms with Crippen LogP contribution < -0.4 is 5.73 Å². The molecule has 1 aliphatic rings. The van der Waals surface area contributed by atoms with E-state index < -0.39 is 0 Å². The van der Waals surface area contributed by atoms with Gasteiger partial charge in [0.1, 0.15) is 5.82 Å². The van der Waals surface area contributed by atoms with Crippen molar-refractivity contribution in [3.63, 3.8) is 0 Å². The standard InChI is InChI=1S/C10H16ClN3/c1-2-8-13-10(11)9-7(6-12)4-3-5-14(8)9/h7H,2-6,12H2,1H3. The molecule has 1 unspecified atom stereocenters. The first-order chi connectivity index (χ1) is 6.77. The summed E-state index contributed by atoms with van der Waals surface area (Å²) in [4.78, 5) is 4.38. The Balaban J connectivity index is 2.46. The van der Waals surface area contributed by atoms with Gasteiger partial charge in [-0.25, -0.2) is 4.98 Å². The quantitative estimate of drug-likeness (QED) is 0.816. The highest BCUT2D eigenvalue weighted by Gasteiger charge is 2.25. The van der Waals surface area contributed by atoms with E-state index in [4.69, 9.17) is 17.3 Å². The fourth-order valence-electron chi connectivity index (χ4n) is 2.25. The first-order valence-corrected chi connectivity index (χ1v) is 5.60. The van der Waals surface area contributed by atoms with Crippen molar-refractivity contribution in [2.24, 2.45) is 5.73 Å². The number of fused-ring (bicyclic) bond motifs is 1. The van der Waals surface area contributed by atoms with Crippen LogP contribution in [0.4, 0.5) is 0 Å². The number of nitrogens with two attached hydrogens (primary N) is 1. The van der Waals surface area contributed by atoms with E-state index in [2.05, 4.69) is 16.5 Å². The summed E-state index contributed by atoms with van der Waals surface area (Å²) in [5, 5.41) is 0.664. The minimum absolute atomic E-state index is 0.407. The van der Waals surface area contributed by atoms with Crippen molar-refractivity contribution in [1.29, 1.82) is 0 Å². The van der Waals surface area contributed by atoms with Crippen LogP contribution in [0.2, 0.25) is 5.15 Å². The smallest absolute Gasteiger partial charge is 0.150 e. The Bertz CT molecular complexity index is 332. The van der Waals surface area contributed by atoms with E-state index in [-0.39, 0.29) is 0 Å². The first-order valence-electron chi connectivity index (χ1n) is 5.22. The van der Waals surface area contributed by atoms with Crippen molar-refractivity contribution in [3.8, 4) is 0 Å². The molecule has 0 radical (unpaired) electrons. The summed E-state index contributed by atoms with van der Waals surface area (Å²) in [5.74, 6) is 1.51. The Morgan fingerprint density at radius 1 is 1.64 bits per heavy atom. The molecule has 1 atom stereocenters. The van der Waals surface area contributed by atoms with Crippen LogP contribution in [-0.2, 0) is 13.0 Å². The number of imidazole rings is 1. The van der Waals surface area contributed by atoms with Crippen molar-refractivity contribution < 1.29 is 0 Å². The second-order valence-corrected chi connectivity index (χ2v) is 4.14. The van der Waals surface area contributed by atoms with Crippen LogP contribution in [0.3, 0.4) is 0 Å². The van der Waals surface area contributed by atoms with Gasteiger partial charge in [0.2, 0.25) is 0 Å². The molecule has 1 aromatic heterocycles. The van der Waals surface area contributed by atoms with Crippen LogP contribution >= 0.6 is 11.6 Å². The minimum atomic E-state index is 0.407. The summed E-state index contributed by atoms with van der Waals surface area (Å²) in [6, 6.07) is 0. The Kier molecular flexibility index (Phi) is 2.79. The SMILES string of the molecule is CCc1nc(Cl)c2n1CCCC2CN. The molecule has 2 heterocycles. The molecule has 3 nitrogen and oxygen atoms in total. The van der Waals surface area contributed by atoms with Gasteiger partial charge in [0.25, 0.3) is 0 Å². The van der Waals surface area contributed by atoms with E-state index in [0.717, 1.165) is 30.9 Å². The second kappa shape index (κ2) is 3.91. The number of aromatic nitrogens is 2. The van der Waals surface area contributed by atoms with Gasteiger partial charge in [-0.1, -0.05) is 18.5 Å². The average molecular weight is 214 g/mol. The lowest BCUT2D eigenvalue weighted by molar-refractivity contribution is 0.450. The van der Waals surface area contributed by atoms with Crippen LogP contribution in [0.25, 0.3) is 0 Å². The third kappa shape index (κ3) is 1.44. The third-order valence-electron chi connectivity index (χ3n) is 2.96. The van der Waals surface area contributed by atoms with Gasteiger partial charge in [-0.2, -0.15) is 0 Å². The molecule has 0 aromatic carbocycles. The van der Waals surface area contributed by atoms with Crippen LogP contribution in [0, 0.1) is 0 Å². The van der Waals surface area contributed by atoms with Gasteiger partial charge in [-0.15, -0.1) is 0 Å². The van der Waals surface area contributed by atoms with E-state index in [1.54, 1.807) is 0 Å². The highest BCUT2D eigenvalue weighted by Crippen LogP contribution is 2.32. The van der Waals surface area contributed by atoms with Crippen LogP contribution in [0.5, 0.6) is 0 Å². The molecular formula is C10H16ClN3. The third-order valence-corrected chi connectivity index (χ3v) is 3.24. The zero-order valence-corrected chi connectivity index (χ0v) is 9.22. The molecule has 2 rings (SSSR count). The Labute approximate surface area is 89.3 Å². The van der Waals surface area contributed by atoms with E-state index in [1.807, 2.05) is 0 Å². The number of nitrogens with zero attached hydrogens (tertiary/aromatic N) is 2. The van der Waals surface area contributed by atoms with Gasteiger partial charge < -0.3 is 10.3 Å². The summed E-state index contributed by atoms with van der Waals surface area (Å²) in [5.41, 5.74) is 6.90. The number of hydrogen-bond donors (Lipinski definition) is 1. The number of rotatable bonds is 2. The fourth-order valence-corrected chi connectivity index (χ4v) is 2.61. The van der Waals surface area contributed by atoms with Crippen LogP contribution in [0.15, 0.2) is 0 Å². The van der Waals surface area contributed by atoms with E-state index in [0.29, 0.717) is 17.6 Å². The maximum atomic E-state index is 6.13. The molecule has 0 bridgehead atoms. The maximum Gasteiger partial charge on any atom is 0.150 e. The van der Waals surface area contributed by atoms with Gasteiger partial charge >= 0.3 is 0 Å². The summed E-state index contributed by atoms with van der Waals surface area (Å²) in [7, 11) is 0. The van der Waals surface area contributed by atoms with Crippen LogP contribution in [0.1, 0.15) is 37.2 Å². The maximum absolute atomic E-state index is 6.13. The molecule has 0 saturated carbocycles. The Morgan fingerprint density at radius 3 is 3.07 bits per heavy atom. The largest absolute Gasteiger partial charge is 0.330 e. The van der Waals surface area contributed by atoms with E-state index in [1.165, 1.54) is 6.42 Å². The fraction of sp³-hybridized carbons (Fsp3) is 0.700. The summed E-state index contributed by atoms with van der Waals surface area (Å²) in [6.07, 6.45) is 3.27. The van der Waals surface area contributed by atoms with Crippen molar-refractivity contribution >= 4 is 11.6 Å². The van der Waals surface area contributed by atoms with Gasteiger partial charge in [-0.05, 0) is 12.8 Å². The second-order valence-electron chi connectivity index (χ2n) is 3.78. The van der Waals surface area contributed by atoms with Crippen molar-refractivity contribution in [2.45, 2.75) is 38.6 Å². The molecule has 0 saturated heterocycles. The Hall–Kier alpha value is -0.540. The molecule has 14 heavy (non-hydrogen) atoms. The summed E-state index contributed by atoms with van der Waals surface area (Å²) >= 11 is 6.13. The van der Waals surface area contributed by atoms with Crippen LogP contribution in [-0.4, -0.2) is 16.1 Å². The van der Waals surface area contributed by atoms with Gasteiger partial charge in [0.15, 0.2) is 5.15 Å². The van der Waals surface area contributed by atoms with Gasteiger partial charge in [0, 0.05) is 25.4 Å². The molecule has 78 valence electrons. The first kappa shape index (κ1) is 9.99. The molecule has 2 N–H and O–H groups in total. The number of aryl methyl sites for hydroxylation is 1. The Morgan fingerprint density at radius 2 is 2.43 bits per heavy atom. The van der Waals surface area contributed by atoms with Gasteiger partial charge in [-0.3, -0.25) is 0 Å². The highest BCUT2D eigenvalue weighted by atomic mass is 35.5. The predicted molar refractivity (Wildman–Crippen MR) is 57.6 cm³/mol. The number of hydrogen-bond acceptors (Lipinski definition) is 2. The van der Waals surface area contributed by atoms with Crippen molar-refractivity contribution in [3.05, 3.63) is 16.7 Å². The molecule has 1 aliphatic heterocycles. The summed E-state index contributed by atoms with van der Waals surface area (Å²) in [6.45, 7) is 3.83. The zero-order valence-electron chi connectivity index (χ0n) is 8.46. The molecule has 0 amide bonds. The lowest BCUT2D eigenvalue weighted by Gasteiger charge is -2.24. The molecule has 0 aliphatic carbocycles. The minimum Gasteiger partial charge on any atom is -0.330 e. The van der Waals surface area contributed by atoms with Crippen molar-refractivity contribution in [1.82, 2.24) is 9.55 Å². The lowest BCUT2D eigenvalue weighted by Crippen LogP contribution is -2.22. The zero-order chi connectivity index (χ0) is 10.1. The summed E-state index contributed by atoms with van der Waals surface area (Å²) < 4.78 is 2.25. The molecule has 0 fully saturated rings. The lowest BCUT2D eigenvalue weighted by atomic mass is 9.96.